The highest BCUT2D eigenvalue weighted by Crippen LogP contribution is 2.29. The largest absolute Gasteiger partial charge is 0.393 e. The highest BCUT2D eigenvalue weighted by molar-refractivity contribution is 5.80. The number of aliphatic hydroxyl groups is 1. The summed E-state index contributed by atoms with van der Waals surface area (Å²) in [5.74, 6) is 0.580. The highest BCUT2D eigenvalue weighted by Gasteiger charge is 2.34. The van der Waals surface area contributed by atoms with Crippen LogP contribution in [0.2, 0.25) is 0 Å². The van der Waals surface area contributed by atoms with Crippen molar-refractivity contribution < 1.29 is 9.90 Å². The van der Waals surface area contributed by atoms with Gasteiger partial charge >= 0.3 is 0 Å². The van der Waals surface area contributed by atoms with E-state index in [-0.39, 0.29) is 23.8 Å². The Labute approximate surface area is 114 Å². The van der Waals surface area contributed by atoms with Crippen LogP contribution in [-0.2, 0) is 17.6 Å². The lowest BCUT2D eigenvalue weighted by Crippen LogP contribution is -2.47. The zero-order valence-corrected chi connectivity index (χ0v) is 11.4. The quantitative estimate of drug-likeness (QED) is 0.833. The number of fused-ring (bicyclic) bond motifs is 1. The van der Waals surface area contributed by atoms with Gasteiger partial charge in [0.15, 0.2) is 0 Å². The van der Waals surface area contributed by atoms with Gasteiger partial charge in [-0.1, -0.05) is 31.2 Å². The Kier molecular flexibility index (Phi) is 3.31. The van der Waals surface area contributed by atoms with Gasteiger partial charge in [0.25, 0.3) is 0 Å². The van der Waals surface area contributed by atoms with E-state index in [9.17, 15) is 9.90 Å². The maximum Gasteiger partial charge on any atom is 0.226 e. The molecule has 0 aromatic heterocycles. The number of aliphatic hydroxyl groups excluding tert-OH is 1. The van der Waals surface area contributed by atoms with Gasteiger partial charge in [0.1, 0.15) is 0 Å². The second kappa shape index (κ2) is 4.97. The topological polar surface area (TPSA) is 40.5 Å². The monoisotopic (exact) mass is 259 g/mol. The maximum atomic E-state index is 12.6. The van der Waals surface area contributed by atoms with Gasteiger partial charge in [-0.05, 0) is 36.3 Å². The summed E-state index contributed by atoms with van der Waals surface area (Å²) in [6.07, 6.45) is 2.22. The van der Waals surface area contributed by atoms with Crippen LogP contribution in [0.5, 0.6) is 0 Å². The van der Waals surface area contributed by atoms with Gasteiger partial charge < -0.3 is 10.0 Å². The highest BCUT2D eigenvalue weighted by atomic mass is 16.3. The van der Waals surface area contributed by atoms with Crippen LogP contribution in [0.3, 0.4) is 0 Å². The fraction of sp³-hybridized carbons (Fsp3) is 0.562. The lowest BCUT2D eigenvalue weighted by Gasteiger charge is -2.35. The Morgan fingerprint density at radius 3 is 2.47 bits per heavy atom. The van der Waals surface area contributed by atoms with Gasteiger partial charge in [0, 0.05) is 19.0 Å². The van der Waals surface area contributed by atoms with E-state index in [4.69, 9.17) is 0 Å². The molecule has 1 aliphatic carbocycles. The van der Waals surface area contributed by atoms with Gasteiger partial charge in [0.05, 0.1) is 6.10 Å². The molecule has 2 unspecified atom stereocenters. The summed E-state index contributed by atoms with van der Waals surface area (Å²) in [5.41, 5.74) is 2.65. The third-order valence-corrected chi connectivity index (χ3v) is 4.57. The summed E-state index contributed by atoms with van der Waals surface area (Å²) in [4.78, 5) is 14.5. The number of amides is 1. The summed E-state index contributed by atoms with van der Waals surface area (Å²) in [7, 11) is 0. The number of rotatable bonds is 1. The molecule has 1 aromatic rings. The average molecular weight is 259 g/mol. The SMILES string of the molecule is CC1CN(C(=O)C2Cc3ccccc3C2)CCC1O. The fourth-order valence-corrected chi connectivity index (χ4v) is 3.33. The Balaban J connectivity index is 1.67. The number of hydrogen-bond donors (Lipinski definition) is 1. The minimum atomic E-state index is -0.246. The Morgan fingerprint density at radius 1 is 1.26 bits per heavy atom. The molecule has 3 heteroatoms. The van der Waals surface area contributed by atoms with E-state index in [1.54, 1.807) is 0 Å². The summed E-state index contributed by atoms with van der Waals surface area (Å²) in [5, 5.41) is 9.75. The molecule has 102 valence electrons. The minimum Gasteiger partial charge on any atom is -0.393 e. The number of nitrogens with zero attached hydrogens (tertiary/aromatic N) is 1. The number of carbonyl (C=O) groups is 1. The number of carbonyl (C=O) groups excluding carboxylic acids is 1. The molecule has 1 saturated heterocycles. The Hall–Kier alpha value is -1.35. The molecule has 3 rings (SSSR count). The zero-order valence-electron chi connectivity index (χ0n) is 11.4. The summed E-state index contributed by atoms with van der Waals surface area (Å²) >= 11 is 0. The van der Waals surface area contributed by atoms with Crippen LogP contribution >= 0.6 is 0 Å². The fourth-order valence-electron chi connectivity index (χ4n) is 3.33. The smallest absolute Gasteiger partial charge is 0.226 e. The summed E-state index contributed by atoms with van der Waals surface area (Å²) < 4.78 is 0. The molecule has 1 aromatic carbocycles. The van der Waals surface area contributed by atoms with Crippen LogP contribution in [0.25, 0.3) is 0 Å². The van der Waals surface area contributed by atoms with E-state index < -0.39 is 0 Å². The molecule has 1 fully saturated rings. The van der Waals surface area contributed by atoms with E-state index in [0.29, 0.717) is 19.5 Å². The molecule has 2 atom stereocenters. The Morgan fingerprint density at radius 2 is 1.89 bits per heavy atom. The molecular weight excluding hydrogens is 238 g/mol. The van der Waals surface area contributed by atoms with Crippen molar-refractivity contribution in [1.29, 1.82) is 0 Å². The molecule has 1 aliphatic heterocycles. The van der Waals surface area contributed by atoms with Crippen LogP contribution in [0.4, 0.5) is 0 Å². The van der Waals surface area contributed by atoms with Gasteiger partial charge in [-0.3, -0.25) is 4.79 Å². The maximum absolute atomic E-state index is 12.6. The van der Waals surface area contributed by atoms with Crippen molar-refractivity contribution in [1.82, 2.24) is 4.90 Å². The third-order valence-electron chi connectivity index (χ3n) is 4.57. The van der Waals surface area contributed by atoms with Crippen LogP contribution in [-0.4, -0.2) is 35.1 Å². The molecule has 3 nitrogen and oxygen atoms in total. The predicted octanol–water partition coefficient (Wildman–Crippen LogP) is 1.63. The first-order valence-electron chi connectivity index (χ1n) is 7.19. The van der Waals surface area contributed by atoms with Crippen molar-refractivity contribution in [3.05, 3.63) is 35.4 Å². The van der Waals surface area contributed by atoms with Crippen LogP contribution in [0.1, 0.15) is 24.5 Å². The molecule has 0 radical (unpaired) electrons. The van der Waals surface area contributed by atoms with E-state index in [0.717, 1.165) is 12.8 Å². The molecule has 0 bridgehead atoms. The van der Waals surface area contributed by atoms with Crippen molar-refractivity contribution in [2.75, 3.05) is 13.1 Å². The predicted molar refractivity (Wildman–Crippen MR) is 73.7 cm³/mol. The van der Waals surface area contributed by atoms with Crippen molar-refractivity contribution in [3.63, 3.8) is 0 Å². The van der Waals surface area contributed by atoms with E-state index >= 15 is 0 Å². The molecular formula is C16H21NO2. The molecule has 0 saturated carbocycles. The molecule has 1 heterocycles. The van der Waals surface area contributed by atoms with E-state index in [1.807, 2.05) is 24.0 Å². The molecule has 2 aliphatic rings. The minimum absolute atomic E-state index is 0.111. The van der Waals surface area contributed by atoms with Crippen LogP contribution in [0, 0.1) is 11.8 Å². The number of hydrogen-bond acceptors (Lipinski definition) is 2. The number of piperidine rings is 1. The lowest BCUT2D eigenvalue weighted by molar-refractivity contribution is -0.138. The summed E-state index contributed by atoms with van der Waals surface area (Å²) in [6.45, 7) is 3.43. The summed E-state index contributed by atoms with van der Waals surface area (Å²) in [6, 6.07) is 8.35. The number of likely N-dealkylation sites (tertiary alicyclic amines) is 1. The standard InChI is InChI=1S/C16H21NO2/c1-11-10-17(7-6-15(11)18)16(19)14-8-12-4-2-3-5-13(12)9-14/h2-5,11,14-15,18H,6-10H2,1H3. The normalized spacial score (nSPS) is 27.4. The first kappa shape index (κ1) is 12.7. The van der Waals surface area contributed by atoms with E-state index in [1.165, 1.54) is 11.1 Å². The van der Waals surface area contributed by atoms with Crippen LogP contribution in [0.15, 0.2) is 24.3 Å². The third kappa shape index (κ3) is 2.39. The molecule has 1 amide bonds. The van der Waals surface area contributed by atoms with Gasteiger partial charge in [-0.2, -0.15) is 0 Å². The van der Waals surface area contributed by atoms with Gasteiger partial charge in [-0.15, -0.1) is 0 Å². The van der Waals surface area contributed by atoms with Crippen LogP contribution < -0.4 is 0 Å². The lowest BCUT2D eigenvalue weighted by atomic mass is 9.95. The Bertz CT molecular complexity index is 460. The van der Waals surface area contributed by atoms with Crippen molar-refractivity contribution in [2.24, 2.45) is 11.8 Å². The van der Waals surface area contributed by atoms with E-state index in [2.05, 4.69) is 12.1 Å². The average Bonchev–Trinajstić information content (AvgIpc) is 2.85. The van der Waals surface area contributed by atoms with Gasteiger partial charge in [-0.25, -0.2) is 0 Å². The molecule has 19 heavy (non-hydrogen) atoms. The van der Waals surface area contributed by atoms with Crippen molar-refractivity contribution in [3.8, 4) is 0 Å². The zero-order chi connectivity index (χ0) is 13.4. The number of benzene rings is 1. The second-order valence-corrected chi connectivity index (χ2v) is 5.99. The molecule has 0 spiro atoms. The first-order chi connectivity index (χ1) is 9.15. The second-order valence-electron chi connectivity index (χ2n) is 5.99. The first-order valence-corrected chi connectivity index (χ1v) is 7.19. The van der Waals surface area contributed by atoms with Crippen molar-refractivity contribution in [2.45, 2.75) is 32.3 Å². The van der Waals surface area contributed by atoms with Crippen molar-refractivity contribution >= 4 is 5.91 Å². The molecule has 1 N–H and O–H groups in total. The van der Waals surface area contributed by atoms with Gasteiger partial charge in [0.2, 0.25) is 5.91 Å².